The van der Waals surface area contributed by atoms with Gasteiger partial charge < -0.3 is 10.1 Å². The van der Waals surface area contributed by atoms with Crippen molar-refractivity contribution in [3.63, 3.8) is 0 Å². The molecule has 1 aliphatic carbocycles. The number of nitrogens with one attached hydrogen (secondary N) is 1. The van der Waals surface area contributed by atoms with Crippen LogP contribution in [-0.2, 0) is 4.74 Å². The van der Waals surface area contributed by atoms with Gasteiger partial charge >= 0.3 is 0 Å². The number of nitrogens with zero attached hydrogens (tertiary/aromatic N) is 1. The predicted octanol–water partition coefficient (Wildman–Crippen LogP) is 3.46. The van der Waals surface area contributed by atoms with Crippen molar-refractivity contribution < 1.29 is 4.74 Å². The molecule has 3 nitrogen and oxygen atoms in total. The molecule has 1 saturated heterocycles. The maximum atomic E-state index is 5.68. The maximum absolute atomic E-state index is 5.68. The van der Waals surface area contributed by atoms with Crippen molar-refractivity contribution >= 4 is 0 Å². The van der Waals surface area contributed by atoms with Crippen LogP contribution in [0, 0.1) is 0 Å². The summed E-state index contributed by atoms with van der Waals surface area (Å²) in [6, 6.07) is 0.503. The minimum atomic E-state index is 0.364. The molecule has 3 rings (SSSR count). The normalized spacial score (nSPS) is 28.0. The van der Waals surface area contributed by atoms with Crippen molar-refractivity contribution in [1.82, 2.24) is 10.2 Å². The van der Waals surface area contributed by atoms with Crippen molar-refractivity contribution in [2.24, 2.45) is 0 Å². The number of ether oxygens (including phenoxy) is 1. The molecule has 2 heterocycles. The first-order chi connectivity index (χ1) is 10.4. The third-order valence-electron chi connectivity index (χ3n) is 5.73. The van der Waals surface area contributed by atoms with Gasteiger partial charge in [0.25, 0.3) is 0 Å². The highest BCUT2D eigenvalue weighted by Gasteiger charge is 2.47. The SMILES string of the molecule is CCNC(C1=COCCC1)C1(N2CCCCC2)CCCC1. The van der Waals surface area contributed by atoms with Crippen LogP contribution < -0.4 is 5.32 Å². The number of hydrogen-bond acceptors (Lipinski definition) is 3. The van der Waals surface area contributed by atoms with Gasteiger partial charge in [-0.05, 0) is 63.7 Å². The van der Waals surface area contributed by atoms with Gasteiger partial charge in [-0.25, -0.2) is 0 Å². The topological polar surface area (TPSA) is 24.5 Å². The van der Waals surface area contributed by atoms with Gasteiger partial charge in [0.1, 0.15) is 0 Å². The standard InChI is InChI=1S/C18H32N2O/c1-2-19-17(16-9-8-14-21-15-16)18(10-4-5-11-18)20-12-6-3-7-13-20/h15,17,19H,2-14H2,1H3. The van der Waals surface area contributed by atoms with Crippen LogP contribution in [0.1, 0.15) is 64.7 Å². The van der Waals surface area contributed by atoms with Crippen molar-refractivity contribution in [2.75, 3.05) is 26.2 Å². The van der Waals surface area contributed by atoms with E-state index < -0.39 is 0 Å². The van der Waals surface area contributed by atoms with Gasteiger partial charge in [0.15, 0.2) is 0 Å². The fourth-order valence-corrected chi connectivity index (χ4v) is 4.78. The lowest BCUT2D eigenvalue weighted by Gasteiger charge is -2.49. The molecule has 0 spiro atoms. The van der Waals surface area contributed by atoms with Crippen molar-refractivity contribution in [3.8, 4) is 0 Å². The summed E-state index contributed by atoms with van der Waals surface area (Å²) < 4.78 is 5.68. The lowest BCUT2D eigenvalue weighted by molar-refractivity contribution is 0.0436. The van der Waals surface area contributed by atoms with Crippen molar-refractivity contribution in [3.05, 3.63) is 11.8 Å². The van der Waals surface area contributed by atoms with E-state index in [2.05, 4.69) is 23.4 Å². The summed E-state index contributed by atoms with van der Waals surface area (Å²) in [5, 5.41) is 3.84. The van der Waals surface area contributed by atoms with E-state index in [0.29, 0.717) is 11.6 Å². The second-order valence-corrected chi connectivity index (χ2v) is 7.02. The molecule has 1 saturated carbocycles. The number of hydrogen-bond donors (Lipinski definition) is 1. The summed E-state index contributed by atoms with van der Waals surface area (Å²) >= 11 is 0. The van der Waals surface area contributed by atoms with Crippen LogP contribution in [0.15, 0.2) is 11.8 Å². The van der Waals surface area contributed by atoms with Crippen LogP contribution in [0.2, 0.25) is 0 Å². The van der Waals surface area contributed by atoms with Gasteiger partial charge in [-0.15, -0.1) is 0 Å². The molecule has 3 aliphatic rings. The predicted molar refractivity (Wildman–Crippen MR) is 87.4 cm³/mol. The Kier molecular flexibility index (Phi) is 5.23. The fourth-order valence-electron chi connectivity index (χ4n) is 4.78. The van der Waals surface area contributed by atoms with Crippen molar-refractivity contribution in [1.29, 1.82) is 0 Å². The van der Waals surface area contributed by atoms with Crippen LogP contribution in [-0.4, -0.2) is 42.7 Å². The number of rotatable bonds is 5. The first-order valence-electron chi connectivity index (χ1n) is 9.16. The average Bonchev–Trinajstić information content (AvgIpc) is 3.05. The Morgan fingerprint density at radius 3 is 2.52 bits per heavy atom. The number of piperidine rings is 1. The Hall–Kier alpha value is -0.540. The highest BCUT2D eigenvalue weighted by atomic mass is 16.5. The fraction of sp³-hybridized carbons (Fsp3) is 0.889. The van der Waals surface area contributed by atoms with Gasteiger partial charge in [-0.2, -0.15) is 0 Å². The molecule has 120 valence electrons. The van der Waals surface area contributed by atoms with E-state index in [1.807, 2.05) is 0 Å². The lowest BCUT2D eigenvalue weighted by atomic mass is 9.79. The summed E-state index contributed by atoms with van der Waals surface area (Å²) in [5.41, 5.74) is 1.89. The van der Waals surface area contributed by atoms with Gasteiger partial charge in [-0.3, -0.25) is 4.90 Å². The molecule has 1 atom stereocenters. The van der Waals surface area contributed by atoms with Gasteiger partial charge in [0.05, 0.1) is 12.9 Å². The van der Waals surface area contributed by atoms with Crippen LogP contribution in [0.25, 0.3) is 0 Å². The highest BCUT2D eigenvalue weighted by Crippen LogP contribution is 2.42. The monoisotopic (exact) mass is 292 g/mol. The summed E-state index contributed by atoms with van der Waals surface area (Å²) in [5.74, 6) is 0. The Morgan fingerprint density at radius 2 is 1.90 bits per heavy atom. The molecule has 2 aliphatic heterocycles. The largest absolute Gasteiger partial charge is 0.501 e. The Morgan fingerprint density at radius 1 is 1.14 bits per heavy atom. The first-order valence-corrected chi connectivity index (χ1v) is 9.16. The van der Waals surface area contributed by atoms with E-state index in [1.54, 1.807) is 0 Å². The van der Waals surface area contributed by atoms with Crippen LogP contribution in [0.5, 0.6) is 0 Å². The molecule has 1 N–H and O–H groups in total. The Bertz CT molecular complexity index is 354. The maximum Gasteiger partial charge on any atom is 0.0876 e. The molecular weight excluding hydrogens is 260 g/mol. The van der Waals surface area contributed by atoms with Crippen LogP contribution in [0.4, 0.5) is 0 Å². The Balaban J connectivity index is 1.86. The molecule has 0 amide bonds. The third kappa shape index (κ3) is 3.14. The second-order valence-electron chi connectivity index (χ2n) is 7.02. The van der Waals surface area contributed by atoms with Gasteiger partial charge in [0, 0.05) is 11.6 Å². The molecular formula is C18H32N2O. The molecule has 0 bridgehead atoms. The lowest BCUT2D eigenvalue weighted by Crippen LogP contribution is -2.61. The minimum Gasteiger partial charge on any atom is -0.501 e. The van der Waals surface area contributed by atoms with Crippen molar-refractivity contribution in [2.45, 2.75) is 76.3 Å². The van der Waals surface area contributed by atoms with E-state index in [-0.39, 0.29) is 0 Å². The van der Waals surface area contributed by atoms with Crippen LogP contribution >= 0.6 is 0 Å². The van der Waals surface area contributed by atoms with Gasteiger partial charge in [-0.1, -0.05) is 26.2 Å². The van der Waals surface area contributed by atoms with Crippen LogP contribution in [0.3, 0.4) is 0 Å². The molecule has 0 aromatic rings. The van der Waals surface area contributed by atoms with E-state index >= 15 is 0 Å². The second kappa shape index (κ2) is 7.15. The van der Waals surface area contributed by atoms with E-state index in [4.69, 9.17) is 4.74 Å². The number of likely N-dealkylation sites (tertiary alicyclic amines) is 1. The molecule has 0 aromatic heterocycles. The molecule has 1 unspecified atom stereocenters. The van der Waals surface area contributed by atoms with E-state index in [1.165, 1.54) is 76.5 Å². The zero-order valence-corrected chi connectivity index (χ0v) is 13.7. The molecule has 0 radical (unpaired) electrons. The smallest absolute Gasteiger partial charge is 0.0876 e. The molecule has 2 fully saturated rings. The number of likely N-dealkylation sites (N-methyl/N-ethyl adjacent to an activating group) is 1. The molecule has 0 aromatic carbocycles. The molecule has 21 heavy (non-hydrogen) atoms. The summed E-state index contributed by atoms with van der Waals surface area (Å²) in [4.78, 5) is 2.84. The van der Waals surface area contributed by atoms with E-state index in [0.717, 1.165) is 13.2 Å². The summed E-state index contributed by atoms with van der Waals surface area (Å²) in [6.45, 7) is 6.80. The van der Waals surface area contributed by atoms with E-state index in [9.17, 15) is 0 Å². The quantitative estimate of drug-likeness (QED) is 0.840. The Labute approximate surface area is 130 Å². The molecule has 3 heteroatoms. The summed E-state index contributed by atoms with van der Waals surface area (Å²) in [7, 11) is 0. The first kappa shape index (κ1) is 15.4. The zero-order valence-electron chi connectivity index (χ0n) is 13.7. The third-order valence-corrected chi connectivity index (χ3v) is 5.73. The highest BCUT2D eigenvalue weighted by molar-refractivity contribution is 5.21. The zero-order chi connectivity index (χ0) is 14.5. The van der Waals surface area contributed by atoms with Gasteiger partial charge in [0.2, 0.25) is 0 Å². The average molecular weight is 292 g/mol. The minimum absolute atomic E-state index is 0.364. The summed E-state index contributed by atoms with van der Waals surface area (Å²) in [6.07, 6.45) is 14.2.